The lowest BCUT2D eigenvalue weighted by Gasteiger charge is -2.34. The number of hydrogen-bond donors (Lipinski definition) is 1. The topological polar surface area (TPSA) is 12.0 Å². The van der Waals surface area contributed by atoms with E-state index >= 15 is 0 Å². The van der Waals surface area contributed by atoms with E-state index in [1.807, 2.05) is 0 Å². The molecule has 0 aromatic heterocycles. The Balaban J connectivity index is 2.08. The molecule has 1 saturated carbocycles. The van der Waals surface area contributed by atoms with E-state index in [-0.39, 0.29) is 0 Å². The molecule has 17 heavy (non-hydrogen) atoms. The van der Waals surface area contributed by atoms with Crippen molar-refractivity contribution in [3.8, 4) is 0 Å². The number of hydrogen-bond acceptors (Lipinski definition) is 1. The van der Waals surface area contributed by atoms with Crippen molar-refractivity contribution in [3.63, 3.8) is 0 Å². The molecular formula is C15H22ClN. The Morgan fingerprint density at radius 3 is 2.71 bits per heavy atom. The van der Waals surface area contributed by atoms with Crippen LogP contribution in [0.1, 0.15) is 38.7 Å². The Hall–Kier alpha value is -0.690. The van der Waals surface area contributed by atoms with E-state index in [0.717, 1.165) is 28.1 Å². The fraction of sp³-hybridized carbons (Fsp3) is 0.600. The van der Waals surface area contributed by atoms with Gasteiger partial charge in [0.2, 0.25) is 0 Å². The fourth-order valence-electron chi connectivity index (χ4n) is 2.84. The van der Waals surface area contributed by atoms with Gasteiger partial charge in [-0.15, -0.1) is 0 Å². The summed E-state index contributed by atoms with van der Waals surface area (Å²) in [6.45, 7) is 6.75. The molecule has 0 aliphatic heterocycles. The van der Waals surface area contributed by atoms with Crippen LogP contribution in [0.3, 0.4) is 0 Å². The van der Waals surface area contributed by atoms with Gasteiger partial charge in [-0.2, -0.15) is 0 Å². The first kappa shape index (κ1) is 12.8. The fourth-order valence-corrected chi connectivity index (χ4v) is 3.02. The summed E-state index contributed by atoms with van der Waals surface area (Å²) in [5.41, 5.74) is 2.24. The second-order valence-electron chi connectivity index (χ2n) is 5.58. The quantitative estimate of drug-likeness (QED) is 0.790. The molecule has 1 N–H and O–H groups in total. The summed E-state index contributed by atoms with van der Waals surface area (Å²) in [7, 11) is 0. The van der Waals surface area contributed by atoms with Crippen molar-refractivity contribution < 1.29 is 0 Å². The maximum atomic E-state index is 6.33. The Kier molecular flexibility index (Phi) is 3.98. The molecule has 1 fully saturated rings. The number of benzene rings is 1. The first-order valence-corrected chi connectivity index (χ1v) is 6.97. The van der Waals surface area contributed by atoms with Gasteiger partial charge in [0.05, 0.1) is 10.7 Å². The minimum atomic E-state index is 0.575. The summed E-state index contributed by atoms with van der Waals surface area (Å²) in [5, 5.41) is 4.50. The molecule has 2 rings (SSSR count). The number of halogens is 1. The first-order chi connectivity index (χ1) is 8.08. The first-order valence-electron chi connectivity index (χ1n) is 6.59. The van der Waals surface area contributed by atoms with Crippen LogP contribution in [0, 0.1) is 18.8 Å². The van der Waals surface area contributed by atoms with Gasteiger partial charge in [0.25, 0.3) is 0 Å². The van der Waals surface area contributed by atoms with Crippen LogP contribution in [0.4, 0.5) is 5.69 Å². The molecule has 1 aromatic rings. The van der Waals surface area contributed by atoms with Crippen LogP contribution < -0.4 is 5.32 Å². The van der Waals surface area contributed by atoms with E-state index in [4.69, 9.17) is 11.6 Å². The van der Waals surface area contributed by atoms with Gasteiger partial charge in [-0.3, -0.25) is 0 Å². The van der Waals surface area contributed by atoms with Crippen LogP contribution in [-0.4, -0.2) is 6.04 Å². The van der Waals surface area contributed by atoms with E-state index in [1.54, 1.807) is 0 Å². The third kappa shape index (κ3) is 2.95. The highest BCUT2D eigenvalue weighted by atomic mass is 35.5. The molecule has 94 valence electrons. The molecule has 0 radical (unpaired) electrons. The Bertz CT molecular complexity index is 389. The number of nitrogens with one attached hydrogen (secondary N) is 1. The predicted octanol–water partition coefficient (Wildman–Crippen LogP) is 4.89. The summed E-state index contributed by atoms with van der Waals surface area (Å²) in [6, 6.07) is 6.78. The minimum Gasteiger partial charge on any atom is -0.381 e. The van der Waals surface area contributed by atoms with Crippen LogP contribution in [-0.2, 0) is 0 Å². The highest BCUT2D eigenvalue weighted by Gasteiger charge is 2.25. The molecule has 2 heteroatoms. The summed E-state index contributed by atoms with van der Waals surface area (Å²) in [6.07, 6.45) is 3.90. The zero-order chi connectivity index (χ0) is 12.4. The highest BCUT2D eigenvalue weighted by Crippen LogP contribution is 2.33. The van der Waals surface area contributed by atoms with Gasteiger partial charge in [-0.1, -0.05) is 37.6 Å². The van der Waals surface area contributed by atoms with Crippen LogP contribution in [0.25, 0.3) is 0 Å². The van der Waals surface area contributed by atoms with Gasteiger partial charge < -0.3 is 5.32 Å². The maximum absolute atomic E-state index is 6.33. The summed E-state index contributed by atoms with van der Waals surface area (Å²) in [5.74, 6) is 1.60. The van der Waals surface area contributed by atoms with E-state index < -0.39 is 0 Å². The number of anilines is 1. The largest absolute Gasteiger partial charge is 0.381 e. The molecule has 0 amide bonds. The van der Waals surface area contributed by atoms with Crippen LogP contribution in [0.15, 0.2) is 18.2 Å². The third-order valence-electron chi connectivity index (χ3n) is 3.96. The van der Waals surface area contributed by atoms with Crippen molar-refractivity contribution in [1.29, 1.82) is 0 Å². The van der Waals surface area contributed by atoms with Crippen molar-refractivity contribution >= 4 is 17.3 Å². The Morgan fingerprint density at radius 1 is 1.24 bits per heavy atom. The molecule has 3 unspecified atom stereocenters. The standard InChI is InChI=1S/C15H22ClN/c1-10-7-8-13(12(3)9-10)17-14-6-4-5-11(2)15(14)16/h4-6,10,12-13,17H,7-9H2,1-3H3. The van der Waals surface area contributed by atoms with Crippen molar-refractivity contribution in [3.05, 3.63) is 28.8 Å². The van der Waals surface area contributed by atoms with E-state index in [9.17, 15) is 0 Å². The molecule has 1 aliphatic carbocycles. The van der Waals surface area contributed by atoms with E-state index in [0.29, 0.717) is 6.04 Å². The summed E-state index contributed by atoms with van der Waals surface area (Å²) < 4.78 is 0. The molecule has 3 atom stereocenters. The van der Waals surface area contributed by atoms with Crippen molar-refractivity contribution in [2.45, 2.75) is 46.1 Å². The smallest absolute Gasteiger partial charge is 0.0666 e. The van der Waals surface area contributed by atoms with Crippen molar-refractivity contribution in [2.24, 2.45) is 11.8 Å². The average molecular weight is 252 g/mol. The molecule has 0 heterocycles. The molecule has 1 nitrogen and oxygen atoms in total. The monoisotopic (exact) mass is 251 g/mol. The molecule has 1 aromatic carbocycles. The molecular weight excluding hydrogens is 230 g/mol. The van der Waals surface area contributed by atoms with Crippen LogP contribution in [0.2, 0.25) is 5.02 Å². The van der Waals surface area contributed by atoms with Crippen LogP contribution in [0.5, 0.6) is 0 Å². The lowest BCUT2D eigenvalue weighted by atomic mass is 9.80. The Morgan fingerprint density at radius 2 is 2.00 bits per heavy atom. The predicted molar refractivity (Wildman–Crippen MR) is 75.8 cm³/mol. The van der Waals surface area contributed by atoms with E-state index in [1.165, 1.54) is 19.3 Å². The lowest BCUT2D eigenvalue weighted by Crippen LogP contribution is -2.33. The van der Waals surface area contributed by atoms with Crippen LogP contribution >= 0.6 is 11.6 Å². The van der Waals surface area contributed by atoms with E-state index in [2.05, 4.69) is 44.3 Å². The van der Waals surface area contributed by atoms with Gasteiger partial charge in [0.15, 0.2) is 0 Å². The van der Waals surface area contributed by atoms with Gasteiger partial charge in [0, 0.05) is 6.04 Å². The normalized spacial score (nSPS) is 29.1. The maximum Gasteiger partial charge on any atom is 0.0666 e. The van der Waals surface area contributed by atoms with Gasteiger partial charge in [0.1, 0.15) is 0 Å². The number of rotatable bonds is 2. The lowest BCUT2D eigenvalue weighted by molar-refractivity contribution is 0.276. The second kappa shape index (κ2) is 5.30. The SMILES string of the molecule is Cc1cccc(NC2CCC(C)CC2C)c1Cl. The van der Waals surface area contributed by atoms with Crippen molar-refractivity contribution in [2.75, 3.05) is 5.32 Å². The number of aryl methyl sites for hydroxylation is 1. The molecule has 0 spiro atoms. The second-order valence-corrected chi connectivity index (χ2v) is 5.96. The zero-order valence-electron chi connectivity index (χ0n) is 11.0. The summed E-state index contributed by atoms with van der Waals surface area (Å²) in [4.78, 5) is 0. The van der Waals surface area contributed by atoms with Gasteiger partial charge in [-0.05, 0) is 49.7 Å². The zero-order valence-corrected chi connectivity index (χ0v) is 11.7. The van der Waals surface area contributed by atoms with Gasteiger partial charge >= 0.3 is 0 Å². The highest BCUT2D eigenvalue weighted by molar-refractivity contribution is 6.34. The minimum absolute atomic E-state index is 0.575. The third-order valence-corrected chi connectivity index (χ3v) is 4.47. The molecule has 0 bridgehead atoms. The summed E-state index contributed by atoms with van der Waals surface area (Å²) >= 11 is 6.33. The van der Waals surface area contributed by atoms with Gasteiger partial charge in [-0.25, -0.2) is 0 Å². The Labute approximate surface area is 110 Å². The molecule has 1 aliphatic rings. The average Bonchev–Trinajstić information content (AvgIpc) is 2.28. The molecule has 0 saturated heterocycles. The van der Waals surface area contributed by atoms with Crippen molar-refractivity contribution in [1.82, 2.24) is 0 Å².